The van der Waals surface area contributed by atoms with Crippen molar-refractivity contribution in [1.82, 2.24) is 13.7 Å². The number of nitrogens with zero attached hydrogens (tertiary/aromatic N) is 5. The minimum absolute atomic E-state index is 0.587. The fraction of sp³-hybridized carbons (Fsp3) is 0. The van der Waals surface area contributed by atoms with Gasteiger partial charge in [-0.1, -0.05) is 115 Å². The summed E-state index contributed by atoms with van der Waals surface area (Å²) in [7, 11) is 0. The van der Waals surface area contributed by atoms with Crippen molar-refractivity contribution < 1.29 is 0 Å². The highest BCUT2D eigenvalue weighted by molar-refractivity contribution is 6.15. The van der Waals surface area contributed by atoms with E-state index in [9.17, 15) is 5.26 Å². The van der Waals surface area contributed by atoms with Crippen molar-refractivity contribution in [2.75, 3.05) is 0 Å². The smallest absolute Gasteiger partial charge is 0.188 e. The van der Waals surface area contributed by atoms with E-state index in [-0.39, 0.29) is 0 Å². The minimum atomic E-state index is 0.587. The van der Waals surface area contributed by atoms with E-state index >= 15 is 0 Å². The van der Waals surface area contributed by atoms with Gasteiger partial charge in [0.1, 0.15) is 6.07 Å². The van der Waals surface area contributed by atoms with Gasteiger partial charge in [0.15, 0.2) is 5.69 Å². The summed E-state index contributed by atoms with van der Waals surface area (Å²) in [5.41, 5.74) is 12.6. The van der Waals surface area contributed by atoms with Gasteiger partial charge in [0.05, 0.1) is 62.3 Å². The summed E-state index contributed by atoms with van der Waals surface area (Å²) in [5.74, 6) is 0. The van der Waals surface area contributed by atoms with E-state index < -0.39 is 0 Å². The van der Waals surface area contributed by atoms with Crippen LogP contribution in [0.15, 0.2) is 176 Å². The van der Waals surface area contributed by atoms with Crippen molar-refractivity contribution in [2.45, 2.75) is 0 Å². The lowest BCUT2D eigenvalue weighted by atomic mass is 10.00. The predicted molar refractivity (Wildman–Crippen MR) is 226 cm³/mol. The van der Waals surface area contributed by atoms with Gasteiger partial charge in [-0.25, -0.2) is 4.85 Å². The molecule has 0 saturated carbocycles. The molecule has 0 aliphatic carbocycles. The van der Waals surface area contributed by atoms with Crippen molar-refractivity contribution in [3.63, 3.8) is 0 Å². The van der Waals surface area contributed by atoms with Gasteiger partial charge in [0.25, 0.3) is 0 Å². The first-order valence-electron chi connectivity index (χ1n) is 18.3. The monoisotopic (exact) mass is 699 g/mol. The van der Waals surface area contributed by atoms with Crippen LogP contribution in [0, 0.1) is 17.9 Å². The Balaban J connectivity index is 1.21. The molecular formula is C50H29N5. The number of nitriles is 1. The van der Waals surface area contributed by atoms with Crippen LogP contribution >= 0.6 is 0 Å². The highest BCUT2D eigenvalue weighted by Crippen LogP contribution is 2.42. The second kappa shape index (κ2) is 11.8. The molecule has 11 aromatic rings. The van der Waals surface area contributed by atoms with Crippen molar-refractivity contribution in [1.29, 1.82) is 5.26 Å². The van der Waals surface area contributed by atoms with Gasteiger partial charge in [-0.15, -0.1) is 0 Å². The van der Waals surface area contributed by atoms with Crippen molar-refractivity contribution in [3.8, 4) is 34.3 Å². The maximum atomic E-state index is 10.7. The SMILES string of the molecule is [C-]#[N+]c1ccc2c(c1)c1ccccc1n2-c1ccccc1-c1ccc(C#N)c(-n2c3ccccc3c3cccc(-n4c5ccccc5c5ccccc54)c32)c1. The molecule has 5 heteroatoms. The Morgan fingerprint density at radius 2 is 0.927 bits per heavy atom. The lowest BCUT2D eigenvalue weighted by molar-refractivity contribution is 1.12. The largest absolute Gasteiger partial charge is 0.309 e. The van der Waals surface area contributed by atoms with E-state index in [1.165, 1.54) is 10.8 Å². The Bertz CT molecular complexity index is 3420. The molecule has 0 saturated heterocycles. The van der Waals surface area contributed by atoms with Crippen LogP contribution in [-0.4, -0.2) is 13.7 Å². The van der Waals surface area contributed by atoms with Crippen LogP contribution in [0.2, 0.25) is 0 Å². The third-order valence-corrected chi connectivity index (χ3v) is 11.1. The molecule has 0 N–H and O–H groups in total. The second-order valence-electron chi connectivity index (χ2n) is 13.9. The molecule has 0 spiro atoms. The third-order valence-electron chi connectivity index (χ3n) is 11.1. The Hall–Kier alpha value is -7.86. The number of benzene rings is 8. The van der Waals surface area contributed by atoms with Gasteiger partial charge in [-0.2, -0.15) is 5.26 Å². The molecule has 3 heterocycles. The summed E-state index contributed by atoms with van der Waals surface area (Å²) in [6, 6.07) is 63.7. The molecule has 5 nitrogen and oxygen atoms in total. The first kappa shape index (κ1) is 30.7. The highest BCUT2D eigenvalue weighted by atomic mass is 15.1. The second-order valence-corrected chi connectivity index (χ2v) is 13.9. The summed E-state index contributed by atoms with van der Waals surface area (Å²) in [5, 5.41) is 17.5. The van der Waals surface area contributed by atoms with E-state index in [4.69, 9.17) is 6.57 Å². The average Bonchev–Trinajstić information content (AvgIpc) is 3.89. The fourth-order valence-corrected chi connectivity index (χ4v) is 8.79. The van der Waals surface area contributed by atoms with Crippen molar-refractivity contribution in [3.05, 3.63) is 193 Å². The van der Waals surface area contributed by atoms with Crippen molar-refractivity contribution in [2.24, 2.45) is 0 Å². The molecule has 0 aliphatic rings. The molecule has 0 bridgehead atoms. The summed E-state index contributed by atoms with van der Waals surface area (Å²) >= 11 is 0. The van der Waals surface area contributed by atoms with Gasteiger partial charge in [-0.3, -0.25) is 0 Å². The number of para-hydroxylation sites is 6. The Kier molecular flexibility index (Phi) is 6.61. The zero-order chi connectivity index (χ0) is 36.6. The molecular weight excluding hydrogens is 671 g/mol. The minimum Gasteiger partial charge on any atom is -0.309 e. The number of hydrogen-bond acceptors (Lipinski definition) is 1. The molecule has 8 aromatic carbocycles. The van der Waals surface area contributed by atoms with Gasteiger partial charge in [0.2, 0.25) is 0 Å². The molecule has 0 aliphatic heterocycles. The van der Waals surface area contributed by atoms with E-state index in [0.717, 1.165) is 82.8 Å². The molecule has 3 aromatic heterocycles. The van der Waals surface area contributed by atoms with E-state index in [0.29, 0.717) is 11.3 Å². The van der Waals surface area contributed by atoms with E-state index in [1.807, 2.05) is 18.2 Å². The van der Waals surface area contributed by atoms with Crippen LogP contribution in [0.1, 0.15) is 5.56 Å². The molecule has 11 rings (SSSR count). The maximum Gasteiger partial charge on any atom is 0.188 e. The van der Waals surface area contributed by atoms with Gasteiger partial charge >= 0.3 is 0 Å². The quantitative estimate of drug-likeness (QED) is 0.169. The Morgan fingerprint density at radius 1 is 0.418 bits per heavy atom. The molecule has 55 heavy (non-hydrogen) atoms. The van der Waals surface area contributed by atoms with Crippen molar-refractivity contribution >= 4 is 71.1 Å². The number of hydrogen-bond donors (Lipinski definition) is 0. The highest BCUT2D eigenvalue weighted by Gasteiger charge is 2.22. The van der Waals surface area contributed by atoms with Crippen LogP contribution < -0.4 is 0 Å². The lowest BCUT2D eigenvalue weighted by Gasteiger charge is -2.18. The third kappa shape index (κ3) is 4.39. The summed E-state index contributed by atoms with van der Waals surface area (Å²) < 4.78 is 6.96. The topological polar surface area (TPSA) is 42.9 Å². The molecule has 0 amide bonds. The molecule has 0 atom stereocenters. The Labute approximate surface area is 316 Å². The van der Waals surface area contributed by atoms with Gasteiger partial charge < -0.3 is 13.7 Å². The first-order chi connectivity index (χ1) is 27.2. The van der Waals surface area contributed by atoms with Crippen LogP contribution in [0.5, 0.6) is 0 Å². The predicted octanol–water partition coefficient (Wildman–Crippen LogP) is 13.1. The van der Waals surface area contributed by atoms with Gasteiger partial charge in [0, 0.05) is 32.5 Å². The molecule has 0 unspecified atom stereocenters. The van der Waals surface area contributed by atoms with Crippen LogP contribution in [0.4, 0.5) is 5.69 Å². The molecule has 0 radical (unpaired) electrons. The van der Waals surface area contributed by atoms with E-state index in [2.05, 4.69) is 182 Å². The number of rotatable bonds is 4. The number of aromatic nitrogens is 3. The first-order valence-corrected chi connectivity index (χ1v) is 18.3. The average molecular weight is 700 g/mol. The maximum absolute atomic E-state index is 10.7. The summed E-state index contributed by atoms with van der Waals surface area (Å²) in [6.45, 7) is 7.67. The van der Waals surface area contributed by atoms with Gasteiger partial charge in [-0.05, 0) is 71.6 Å². The normalized spacial score (nSPS) is 11.6. The van der Waals surface area contributed by atoms with Crippen LogP contribution in [-0.2, 0) is 0 Å². The molecule has 254 valence electrons. The van der Waals surface area contributed by atoms with Crippen LogP contribution in [0.25, 0.3) is 98.5 Å². The Morgan fingerprint density at radius 3 is 1.58 bits per heavy atom. The standard InChI is InChI=1S/C50H29N5/c1-52-34-27-28-47-41(30-34)39-17-6-10-22-45(39)53(47)42-19-7-2-13-35(42)32-25-26-33(31-51)49(29-32)55-46-23-11-5-16-38(46)40-18-12-24-48(50(40)55)54-43-20-8-3-14-36(43)37-15-4-9-21-44(37)54/h2-30H. The lowest BCUT2D eigenvalue weighted by Crippen LogP contribution is -2.03. The summed E-state index contributed by atoms with van der Waals surface area (Å²) in [4.78, 5) is 3.73. The zero-order valence-electron chi connectivity index (χ0n) is 29.5. The number of fused-ring (bicyclic) bond motifs is 9. The summed E-state index contributed by atoms with van der Waals surface area (Å²) in [6.07, 6.45) is 0. The zero-order valence-corrected chi connectivity index (χ0v) is 29.5. The van der Waals surface area contributed by atoms with Crippen LogP contribution in [0.3, 0.4) is 0 Å². The van der Waals surface area contributed by atoms with E-state index in [1.54, 1.807) is 0 Å². The molecule has 0 fully saturated rings. The fourth-order valence-electron chi connectivity index (χ4n) is 8.79.